The monoisotopic (exact) mass is 472 g/mol. The third-order valence-electron chi connectivity index (χ3n) is 6.92. The average Bonchev–Trinajstić information content (AvgIpc) is 3.68. The van der Waals surface area contributed by atoms with E-state index in [-0.39, 0.29) is 29.7 Å². The van der Waals surface area contributed by atoms with Crippen molar-refractivity contribution in [1.29, 1.82) is 0 Å². The molecule has 0 N–H and O–H groups in total. The van der Waals surface area contributed by atoms with Crippen molar-refractivity contribution in [3.63, 3.8) is 0 Å². The Morgan fingerprint density at radius 1 is 1.06 bits per heavy atom. The van der Waals surface area contributed by atoms with Gasteiger partial charge in [0.2, 0.25) is 5.91 Å². The number of hydrogen-bond donors (Lipinski definition) is 0. The lowest BCUT2D eigenvalue weighted by Gasteiger charge is -2.40. The second kappa shape index (κ2) is 10.2. The summed E-state index contributed by atoms with van der Waals surface area (Å²) in [7, 11) is 1.80. The maximum absolute atomic E-state index is 14.4. The quantitative estimate of drug-likeness (QED) is 0.532. The second-order valence-electron chi connectivity index (χ2n) is 9.09. The van der Waals surface area contributed by atoms with Crippen molar-refractivity contribution in [3.05, 3.63) is 65.2 Å². The number of likely N-dealkylation sites (N-methyl/N-ethyl adjacent to an activating group) is 1. The van der Waals surface area contributed by atoms with Crippen LogP contribution in [0.2, 0.25) is 0 Å². The van der Waals surface area contributed by atoms with Gasteiger partial charge < -0.3 is 9.80 Å². The summed E-state index contributed by atoms with van der Waals surface area (Å²) >= 11 is 1.64. The van der Waals surface area contributed by atoms with Crippen LogP contribution in [0.3, 0.4) is 0 Å². The second-order valence-corrected chi connectivity index (χ2v) is 9.97. The van der Waals surface area contributed by atoms with Crippen LogP contribution in [-0.2, 0) is 11.2 Å². The van der Waals surface area contributed by atoms with E-state index < -0.39 is 11.6 Å². The number of nitrogens with zero attached hydrogens (tertiary/aromatic N) is 2. The number of hydrogen-bond acceptors (Lipinski definition) is 3. The highest BCUT2D eigenvalue weighted by atomic mass is 32.2. The molecule has 1 saturated heterocycles. The third-order valence-corrected chi connectivity index (χ3v) is 7.67. The molecular weight excluding hydrogens is 442 g/mol. The van der Waals surface area contributed by atoms with Crippen molar-refractivity contribution in [2.75, 3.05) is 26.4 Å². The van der Waals surface area contributed by atoms with E-state index >= 15 is 0 Å². The van der Waals surface area contributed by atoms with E-state index in [0.717, 1.165) is 36.6 Å². The summed E-state index contributed by atoms with van der Waals surface area (Å²) < 4.78 is 27.8. The van der Waals surface area contributed by atoms with Gasteiger partial charge in [-0.1, -0.05) is 6.07 Å². The Morgan fingerprint density at radius 3 is 2.30 bits per heavy atom. The number of likely N-dealkylation sites (tertiary alicyclic amines) is 1. The molecule has 0 aromatic heterocycles. The zero-order chi connectivity index (χ0) is 23.5. The normalized spacial score (nSPS) is 17.6. The highest BCUT2D eigenvalue weighted by molar-refractivity contribution is 7.98. The molecule has 1 saturated carbocycles. The number of rotatable bonds is 7. The third kappa shape index (κ3) is 5.57. The summed E-state index contributed by atoms with van der Waals surface area (Å²) in [5.41, 5.74) is 1.10. The summed E-state index contributed by atoms with van der Waals surface area (Å²) in [6.07, 6.45) is 5.64. The van der Waals surface area contributed by atoms with Gasteiger partial charge in [-0.2, -0.15) is 0 Å². The molecule has 1 unspecified atom stereocenters. The smallest absolute Gasteiger partial charge is 0.253 e. The lowest BCUT2D eigenvalue weighted by Crippen LogP contribution is -2.49. The standard InChI is InChI=1S/C26H30F2N2O2S/c1-29(25(31)18-3-4-18)24(15-20-5-8-21(27)16-23(20)28)17-11-13-30(14-12-17)26(32)19-6-9-22(33-2)10-7-19/h5-10,16-18,24H,3-4,11-15H2,1-2H3. The van der Waals surface area contributed by atoms with E-state index in [1.165, 1.54) is 12.1 Å². The molecule has 2 amide bonds. The molecular formula is C26H30F2N2O2S. The molecule has 7 heteroatoms. The predicted molar refractivity (Wildman–Crippen MR) is 126 cm³/mol. The molecule has 1 aliphatic carbocycles. The van der Waals surface area contributed by atoms with Crippen LogP contribution in [0.25, 0.3) is 0 Å². The van der Waals surface area contributed by atoms with Crippen molar-refractivity contribution in [3.8, 4) is 0 Å². The van der Waals surface area contributed by atoms with Crippen LogP contribution in [0, 0.1) is 23.5 Å². The van der Waals surface area contributed by atoms with E-state index in [0.29, 0.717) is 30.6 Å². The van der Waals surface area contributed by atoms with Crippen LogP contribution in [0.4, 0.5) is 8.78 Å². The number of carbonyl (C=O) groups excluding carboxylic acids is 2. The van der Waals surface area contributed by atoms with Gasteiger partial charge in [0.25, 0.3) is 5.91 Å². The molecule has 0 bridgehead atoms. The first-order chi connectivity index (χ1) is 15.9. The van der Waals surface area contributed by atoms with Crippen molar-refractivity contribution >= 4 is 23.6 Å². The van der Waals surface area contributed by atoms with Gasteiger partial charge in [0.15, 0.2) is 0 Å². The molecule has 1 atom stereocenters. The fourth-order valence-corrected chi connectivity index (χ4v) is 5.13. The number of benzene rings is 2. The predicted octanol–water partition coefficient (Wildman–Crippen LogP) is 5.02. The van der Waals surface area contributed by atoms with Crippen LogP contribution < -0.4 is 0 Å². The number of halogens is 2. The van der Waals surface area contributed by atoms with Crippen molar-refractivity contribution < 1.29 is 18.4 Å². The van der Waals surface area contributed by atoms with E-state index in [1.54, 1.807) is 23.7 Å². The molecule has 0 radical (unpaired) electrons. The molecule has 2 aromatic carbocycles. The molecule has 2 aliphatic rings. The molecule has 2 fully saturated rings. The Balaban J connectivity index is 1.46. The van der Waals surface area contributed by atoms with Gasteiger partial charge in [-0.25, -0.2) is 8.78 Å². The molecule has 1 aliphatic heterocycles. The molecule has 33 heavy (non-hydrogen) atoms. The van der Waals surface area contributed by atoms with Crippen LogP contribution in [-0.4, -0.2) is 54.0 Å². The van der Waals surface area contributed by atoms with Crippen LogP contribution >= 0.6 is 11.8 Å². The summed E-state index contributed by atoms with van der Waals surface area (Å²) in [5.74, 6) is -0.840. The first kappa shape index (κ1) is 23.7. The highest BCUT2D eigenvalue weighted by Crippen LogP contribution is 2.34. The largest absolute Gasteiger partial charge is 0.342 e. The summed E-state index contributed by atoms with van der Waals surface area (Å²) in [6, 6.07) is 11.1. The number of piperidine rings is 1. The van der Waals surface area contributed by atoms with E-state index in [1.807, 2.05) is 35.4 Å². The van der Waals surface area contributed by atoms with Gasteiger partial charge in [0.05, 0.1) is 0 Å². The van der Waals surface area contributed by atoms with Crippen LogP contribution in [0.15, 0.2) is 47.4 Å². The van der Waals surface area contributed by atoms with Crippen molar-refractivity contribution in [2.24, 2.45) is 11.8 Å². The number of carbonyl (C=O) groups is 2. The minimum atomic E-state index is -0.604. The molecule has 1 heterocycles. The Kier molecular flexibility index (Phi) is 7.37. The minimum absolute atomic E-state index is 0.0182. The molecule has 4 nitrogen and oxygen atoms in total. The molecule has 2 aromatic rings. The van der Waals surface area contributed by atoms with E-state index in [4.69, 9.17) is 0 Å². The van der Waals surface area contributed by atoms with E-state index in [9.17, 15) is 18.4 Å². The maximum Gasteiger partial charge on any atom is 0.253 e. The Bertz CT molecular complexity index is 1000. The minimum Gasteiger partial charge on any atom is -0.342 e. The van der Waals surface area contributed by atoms with Crippen molar-refractivity contribution in [2.45, 2.75) is 43.0 Å². The Hall–Kier alpha value is -2.41. The zero-order valence-electron chi connectivity index (χ0n) is 19.1. The maximum atomic E-state index is 14.4. The lowest BCUT2D eigenvalue weighted by molar-refractivity contribution is -0.134. The van der Waals surface area contributed by atoms with Gasteiger partial charge in [0.1, 0.15) is 11.6 Å². The Labute approximate surface area is 198 Å². The molecule has 0 spiro atoms. The average molecular weight is 473 g/mol. The van der Waals surface area contributed by atoms with Gasteiger partial charge in [0, 0.05) is 48.6 Å². The fourth-order valence-electron chi connectivity index (χ4n) is 4.72. The zero-order valence-corrected chi connectivity index (χ0v) is 19.9. The molecule has 4 rings (SSSR count). The number of amides is 2. The lowest BCUT2D eigenvalue weighted by atomic mass is 9.84. The van der Waals surface area contributed by atoms with Gasteiger partial charge in [-0.3, -0.25) is 9.59 Å². The first-order valence-corrected chi connectivity index (χ1v) is 12.7. The Morgan fingerprint density at radius 2 is 1.73 bits per heavy atom. The highest BCUT2D eigenvalue weighted by Gasteiger charge is 2.38. The van der Waals surface area contributed by atoms with Gasteiger partial charge in [-0.15, -0.1) is 11.8 Å². The SMILES string of the molecule is CSc1ccc(C(=O)N2CCC(C(Cc3ccc(F)cc3F)N(C)C(=O)C3CC3)CC2)cc1. The fraction of sp³-hybridized carbons (Fsp3) is 0.462. The first-order valence-electron chi connectivity index (χ1n) is 11.5. The topological polar surface area (TPSA) is 40.6 Å². The van der Waals surface area contributed by atoms with Crippen LogP contribution in [0.1, 0.15) is 41.6 Å². The summed E-state index contributed by atoms with van der Waals surface area (Å²) in [5, 5.41) is 0. The van der Waals surface area contributed by atoms with E-state index in [2.05, 4.69) is 0 Å². The van der Waals surface area contributed by atoms with Gasteiger partial charge in [-0.05, 0) is 80.2 Å². The van der Waals surface area contributed by atoms with Crippen molar-refractivity contribution in [1.82, 2.24) is 9.80 Å². The van der Waals surface area contributed by atoms with Crippen LogP contribution in [0.5, 0.6) is 0 Å². The summed E-state index contributed by atoms with van der Waals surface area (Å²) in [4.78, 5) is 30.5. The van der Waals surface area contributed by atoms with Gasteiger partial charge >= 0.3 is 0 Å². The number of thioether (sulfide) groups is 1. The molecule has 176 valence electrons. The summed E-state index contributed by atoms with van der Waals surface area (Å²) in [6.45, 7) is 1.20.